The SMILES string of the molecule is N=C(N)N1CCCC(CNC(=O)C[C@H](NS(=O)(=O)c2ccc(C(F)(F)F)cc2)C(=O)NC2CC2)C1. The normalized spacial score (nSPS) is 19.6. The van der Waals surface area contributed by atoms with E-state index in [2.05, 4.69) is 15.4 Å². The molecule has 2 fully saturated rings. The number of rotatable bonds is 9. The summed E-state index contributed by atoms with van der Waals surface area (Å²) < 4.78 is 66.0. The van der Waals surface area contributed by atoms with Gasteiger partial charge in [-0.3, -0.25) is 15.0 Å². The third kappa shape index (κ3) is 7.82. The molecule has 0 radical (unpaired) electrons. The molecule has 1 aliphatic carbocycles. The molecule has 1 aromatic rings. The van der Waals surface area contributed by atoms with Gasteiger partial charge in [0, 0.05) is 25.7 Å². The highest BCUT2D eigenvalue weighted by molar-refractivity contribution is 7.89. The van der Waals surface area contributed by atoms with Crippen LogP contribution in [0.4, 0.5) is 13.2 Å². The van der Waals surface area contributed by atoms with Gasteiger partial charge in [0.05, 0.1) is 16.9 Å². The van der Waals surface area contributed by atoms with Crippen molar-refractivity contribution >= 4 is 27.8 Å². The minimum absolute atomic E-state index is 0.0409. The second kappa shape index (κ2) is 10.8. The molecule has 1 aromatic carbocycles. The fourth-order valence-corrected chi connectivity index (χ4v) is 4.96. The number of piperidine rings is 1. The van der Waals surface area contributed by atoms with Gasteiger partial charge in [-0.15, -0.1) is 0 Å². The van der Waals surface area contributed by atoms with Crippen molar-refractivity contribution in [2.45, 2.75) is 55.3 Å². The molecule has 6 N–H and O–H groups in total. The molecule has 0 aromatic heterocycles. The molecular weight excluding hydrogens is 489 g/mol. The lowest BCUT2D eigenvalue weighted by atomic mass is 9.98. The zero-order chi connectivity index (χ0) is 25.8. The molecule has 0 spiro atoms. The Morgan fingerprint density at radius 1 is 1.17 bits per heavy atom. The van der Waals surface area contributed by atoms with Crippen LogP contribution in [0.3, 0.4) is 0 Å². The molecule has 1 saturated carbocycles. The third-order valence-corrected chi connectivity index (χ3v) is 7.35. The summed E-state index contributed by atoms with van der Waals surface area (Å²) in [6.07, 6.45) is -2.01. The van der Waals surface area contributed by atoms with Gasteiger partial charge in [0.1, 0.15) is 6.04 Å². The number of amides is 2. The van der Waals surface area contributed by atoms with Crippen LogP contribution in [0, 0.1) is 11.3 Å². The number of nitrogens with two attached hydrogens (primary N) is 1. The lowest BCUT2D eigenvalue weighted by Crippen LogP contribution is -2.50. The molecule has 1 unspecified atom stereocenters. The Morgan fingerprint density at radius 2 is 1.83 bits per heavy atom. The fraction of sp³-hybridized carbons (Fsp3) is 0.571. The van der Waals surface area contributed by atoms with Crippen LogP contribution < -0.4 is 21.1 Å². The van der Waals surface area contributed by atoms with Crippen molar-refractivity contribution in [1.82, 2.24) is 20.3 Å². The fourth-order valence-electron chi connectivity index (χ4n) is 3.76. The second-order valence-corrected chi connectivity index (χ2v) is 10.5. The summed E-state index contributed by atoms with van der Waals surface area (Å²) in [4.78, 5) is 26.4. The molecule has 0 bridgehead atoms. The van der Waals surface area contributed by atoms with E-state index < -0.39 is 50.9 Å². The van der Waals surface area contributed by atoms with Crippen LogP contribution in [0.15, 0.2) is 29.2 Å². The van der Waals surface area contributed by atoms with Gasteiger partial charge in [-0.1, -0.05) is 0 Å². The van der Waals surface area contributed by atoms with Gasteiger partial charge in [0.15, 0.2) is 5.96 Å². The first kappa shape index (κ1) is 26.7. The summed E-state index contributed by atoms with van der Waals surface area (Å²) in [6, 6.07) is 1.33. The highest BCUT2D eigenvalue weighted by Crippen LogP contribution is 2.29. The van der Waals surface area contributed by atoms with Crippen molar-refractivity contribution in [3.63, 3.8) is 0 Å². The van der Waals surface area contributed by atoms with Crippen molar-refractivity contribution < 1.29 is 31.2 Å². The lowest BCUT2D eigenvalue weighted by molar-refractivity contribution is -0.137. The van der Waals surface area contributed by atoms with Crippen LogP contribution in [0.25, 0.3) is 0 Å². The standard InChI is InChI=1S/C21H29F3N6O4S/c22-21(23,24)14-3-7-16(8-4-14)35(33,34)29-17(19(32)28-15-5-6-15)10-18(31)27-11-13-2-1-9-30(12-13)20(25)26/h3-4,7-8,13,15,17,29H,1-2,5-6,9-12H2,(H3,25,26)(H,27,31)(H,28,32)/t13?,17-/m0/s1. The maximum Gasteiger partial charge on any atom is 0.416 e. The van der Waals surface area contributed by atoms with Gasteiger partial charge in [0.25, 0.3) is 0 Å². The smallest absolute Gasteiger partial charge is 0.370 e. The Hall–Kier alpha value is -2.87. The summed E-state index contributed by atoms with van der Waals surface area (Å²) in [6.45, 7) is 1.43. The van der Waals surface area contributed by atoms with Crippen LogP contribution in [0.2, 0.25) is 0 Å². The number of alkyl halides is 3. The molecule has 35 heavy (non-hydrogen) atoms. The maximum absolute atomic E-state index is 12.8. The lowest BCUT2D eigenvalue weighted by Gasteiger charge is -2.33. The summed E-state index contributed by atoms with van der Waals surface area (Å²) in [5.41, 5.74) is 4.51. The second-order valence-electron chi connectivity index (χ2n) is 8.83. The van der Waals surface area contributed by atoms with E-state index in [9.17, 15) is 31.2 Å². The van der Waals surface area contributed by atoms with Crippen molar-refractivity contribution in [1.29, 1.82) is 5.41 Å². The predicted molar refractivity (Wildman–Crippen MR) is 121 cm³/mol. The van der Waals surface area contributed by atoms with Crippen molar-refractivity contribution in [2.24, 2.45) is 11.7 Å². The zero-order valence-electron chi connectivity index (χ0n) is 18.9. The molecule has 2 aliphatic rings. The monoisotopic (exact) mass is 518 g/mol. The first-order chi connectivity index (χ1) is 16.3. The number of sulfonamides is 1. The molecule has 1 aliphatic heterocycles. The van der Waals surface area contributed by atoms with Gasteiger partial charge in [-0.05, 0) is 55.9 Å². The van der Waals surface area contributed by atoms with E-state index in [-0.39, 0.29) is 24.5 Å². The molecule has 3 rings (SSSR count). The van der Waals surface area contributed by atoms with E-state index >= 15 is 0 Å². The van der Waals surface area contributed by atoms with Crippen molar-refractivity contribution in [2.75, 3.05) is 19.6 Å². The Morgan fingerprint density at radius 3 is 2.40 bits per heavy atom. The first-order valence-electron chi connectivity index (χ1n) is 11.2. The molecule has 1 saturated heterocycles. The van der Waals surface area contributed by atoms with E-state index in [0.717, 1.165) is 37.8 Å². The van der Waals surface area contributed by atoms with Crippen LogP contribution in [0.1, 0.15) is 37.7 Å². The molecule has 194 valence electrons. The quantitative estimate of drug-likeness (QED) is 0.240. The number of hydrogen-bond donors (Lipinski definition) is 5. The van der Waals surface area contributed by atoms with Crippen molar-refractivity contribution in [3.8, 4) is 0 Å². The number of benzene rings is 1. The Bertz CT molecular complexity index is 1040. The highest BCUT2D eigenvalue weighted by atomic mass is 32.2. The number of nitrogens with one attached hydrogen (secondary N) is 4. The highest BCUT2D eigenvalue weighted by Gasteiger charge is 2.34. The van der Waals surface area contributed by atoms with Gasteiger partial charge in [-0.2, -0.15) is 17.9 Å². The minimum Gasteiger partial charge on any atom is -0.370 e. The van der Waals surface area contributed by atoms with Gasteiger partial charge in [0.2, 0.25) is 21.8 Å². The number of likely N-dealkylation sites (tertiary alicyclic amines) is 1. The topological polar surface area (TPSA) is 157 Å². The van der Waals surface area contributed by atoms with E-state index in [1.165, 1.54) is 0 Å². The Kier molecular flexibility index (Phi) is 8.26. The van der Waals surface area contributed by atoms with Crippen LogP contribution in [-0.4, -0.2) is 62.8 Å². The molecule has 10 nitrogen and oxygen atoms in total. The summed E-state index contributed by atoms with van der Waals surface area (Å²) in [5, 5.41) is 12.9. The van der Waals surface area contributed by atoms with E-state index in [1.54, 1.807) is 4.90 Å². The van der Waals surface area contributed by atoms with Crippen LogP contribution in [-0.2, 0) is 25.8 Å². The molecular formula is C21H29F3N6O4S. The van der Waals surface area contributed by atoms with Gasteiger partial charge in [-0.25, -0.2) is 8.42 Å². The number of hydrogen-bond acceptors (Lipinski definition) is 5. The van der Waals surface area contributed by atoms with Gasteiger partial charge < -0.3 is 21.3 Å². The van der Waals surface area contributed by atoms with Crippen molar-refractivity contribution in [3.05, 3.63) is 29.8 Å². The Labute approximate surface area is 201 Å². The summed E-state index contributed by atoms with van der Waals surface area (Å²) in [7, 11) is -4.38. The molecule has 2 amide bonds. The average molecular weight is 519 g/mol. The summed E-state index contributed by atoms with van der Waals surface area (Å²) in [5.74, 6) is -1.25. The minimum atomic E-state index is -4.62. The largest absolute Gasteiger partial charge is 0.416 e. The first-order valence-corrected chi connectivity index (χ1v) is 12.7. The van der Waals surface area contributed by atoms with E-state index in [0.29, 0.717) is 25.2 Å². The Balaban J connectivity index is 1.64. The number of carbonyl (C=O) groups is 2. The number of halogens is 3. The van der Waals surface area contributed by atoms with E-state index in [1.807, 2.05) is 0 Å². The van der Waals surface area contributed by atoms with Crippen LogP contribution >= 0.6 is 0 Å². The maximum atomic E-state index is 12.8. The average Bonchev–Trinajstić information content (AvgIpc) is 3.61. The summed E-state index contributed by atoms with van der Waals surface area (Å²) >= 11 is 0. The molecule has 14 heteroatoms. The molecule has 2 atom stereocenters. The van der Waals surface area contributed by atoms with Crippen LogP contribution in [0.5, 0.6) is 0 Å². The van der Waals surface area contributed by atoms with Gasteiger partial charge >= 0.3 is 6.18 Å². The van der Waals surface area contributed by atoms with E-state index in [4.69, 9.17) is 11.1 Å². The third-order valence-electron chi connectivity index (χ3n) is 5.87. The number of guanidine groups is 1. The number of nitrogens with zero attached hydrogens (tertiary/aromatic N) is 1. The number of carbonyl (C=O) groups excluding carboxylic acids is 2. The molecule has 1 heterocycles. The predicted octanol–water partition coefficient (Wildman–Crippen LogP) is 0.743. The zero-order valence-corrected chi connectivity index (χ0v) is 19.7.